The average Bonchev–Trinajstić information content (AvgIpc) is 3.35. The van der Waals surface area contributed by atoms with E-state index in [-0.39, 0.29) is 12.7 Å². The Balaban J connectivity index is 1.35. The molecule has 0 saturated heterocycles. The van der Waals surface area contributed by atoms with Crippen LogP contribution in [0.2, 0.25) is 0 Å². The Kier molecular flexibility index (Phi) is 4.93. The van der Waals surface area contributed by atoms with Crippen molar-refractivity contribution in [1.82, 2.24) is 4.98 Å². The van der Waals surface area contributed by atoms with Crippen molar-refractivity contribution in [3.05, 3.63) is 53.5 Å². The number of nitrogens with one attached hydrogen (secondary N) is 1. The van der Waals surface area contributed by atoms with Crippen molar-refractivity contribution in [2.45, 2.75) is 12.8 Å². The maximum absolute atomic E-state index is 12.2. The van der Waals surface area contributed by atoms with Crippen LogP contribution in [0.3, 0.4) is 0 Å². The standard InChI is InChI=1S/C20H18N2O4S/c1-24-16-4-2-3-13(9-16)20-22-15(11-27-20)6-8-19(23)21-14-5-7-17-18(10-14)26-12-25-17/h2-5,7,9-11H,6,8,12H2,1H3,(H,21,23). The molecule has 1 aromatic heterocycles. The molecule has 0 radical (unpaired) electrons. The van der Waals surface area contributed by atoms with Gasteiger partial charge in [0.2, 0.25) is 12.7 Å². The summed E-state index contributed by atoms with van der Waals surface area (Å²) < 4.78 is 15.8. The van der Waals surface area contributed by atoms with Gasteiger partial charge in [0.25, 0.3) is 0 Å². The summed E-state index contributed by atoms with van der Waals surface area (Å²) in [7, 11) is 1.64. The zero-order valence-corrected chi connectivity index (χ0v) is 15.5. The molecule has 0 saturated carbocycles. The third-order valence-corrected chi connectivity index (χ3v) is 5.07. The number of carbonyl (C=O) groups excluding carboxylic acids is 1. The summed E-state index contributed by atoms with van der Waals surface area (Å²) in [6.07, 6.45) is 0.937. The smallest absolute Gasteiger partial charge is 0.231 e. The Labute approximate surface area is 160 Å². The number of aryl methyl sites for hydroxylation is 1. The second-order valence-corrected chi connectivity index (χ2v) is 6.85. The Morgan fingerprint density at radius 1 is 1.22 bits per heavy atom. The zero-order chi connectivity index (χ0) is 18.6. The van der Waals surface area contributed by atoms with Gasteiger partial charge in [-0.05, 0) is 30.7 Å². The predicted molar refractivity (Wildman–Crippen MR) is 104 cm³/mol. The van der Waals surface area contributed by atoms with Crippen molar-refractivity contribution in [3.63, 3.8) is 0 Å². The average molecular weight is 382 g/mol. The van der Waals surface area contributed by atoms with Gasteiger partial charge in [-0.15, -0.1) is 11.3 Å². The van der Waals surface area contributed by atoms with Gasteiger partial charge in [0.1, 0.15) is 10.8 Å². The number of rotatable bonds is 6. The van der Waals surface area contributed by atoms with E-state index >= 15 is 0 Å². The van der Waals surface area contributed by atoms with Crippen LogP contribution in [0.5, 0.6) is 17.2 Å². The number of fused-ring (bicyclic) bond motifs is 1. The lowest BCUT2D eigenvalue weighted by Crippen LogP contribution is -2.12. The van der Waals surface area contributed by atoms with Crippen LogP contribution in [0.25, 0.3) is 10.6 Å². The number of benzene rings is 2. The Morgan fingerprint density at radius 2 is 2.11 bits per heavy atom. The van der Waals surface area contributed by atoms with Crippen LogP contribution in [-0.2, 0) is 11.2 Å². The van der Waals surface area contributed by atoms with Gasteiger partial charge in [0, 0.05) is 29.1 Å². The van der Waals surface area contributed by atoms with E-state index in [1.165, 1.54) is 0 Å². The van der Waals surface area contributed by atoms with Crippen molar-refractivity contribution in [2.24, 2.45) is 0 Å². The first-order valence-corrected chi connectivity index (χ1v) is 9.37. The molecule has 4 rings (SSSR count). The van der Waals surface area contributed by atoms with Crippen LogP contribution >= 0.6 is 11.3 Å². The van der Waals surface area contributed by atoms with Crippen LogP contribution < -0.4 is 19.5 Å². The molecule has 0 atom stereocenters. The van der Waals surface area contributed by atoms with E-state index in [0.29, 0.717) is 30.0 Å². The topological polar surface area (TPSA) is 69.7 Å². The molecule has 27 heavy (non-hydrogen) atoms. The van der Waals surface area contributed by atoms with E-state index in [1.54, 1.807) is 36.6 Å². The number of anilines is 1. The van der Waals surface area contributed by atoms with Crippen LogP contribution in [0.1, 0.15) is 12.1 Å². The minimum atomic E-state index is -0.0650. The fourth-order valence-electron chi connectivity index (χ4n) is 2.75. The summed E-state index contributed by atoms with van der Waals surface area (Å²) >= 11 is 1.56. The molecule has 6 nitrogen and oxygen atoms in total. The number of methoxy groups -OCH3 is 1. The first-order chi connectivity index (χ1) is 13.2. The molecular formula is C20H18N2O4S. The van der Waals surface area contributed by atoms with Crippen LogP contribution in [0.15, 0.2) is 47.8 Å². The molecule has 7 heteroatoms. The number of thiazole rings is 1. The molecule has 1 N–H and O–H groups in total. The van der Waals surface area contributed by atoms with E-state index in [1.807, 2.05) is 29.6 Å². The van der Waals surface area contributed by atoms with Gasteiger partial charge in [0.05, 0.1) is 12.8 Å². The fraction of sp³-hybridized carbons (Fsp3) is 0.200. The molecule has 3 aromatic rings. The monoisotopic (exact) mass is 382 g/mol. The summed E-state index contributed by atoms with van der Waals surface area (Å²) in [5.74, 6) is 2.08. The third-order valence-electron chi connectivity index (χ3n) is 4.13. The van der Waals surface area contributed by atoms with Crippen molar-refractivity contribution in [3.8, 4) is 27.8 Å². The van der Waals surface area contributed by atoms with Gasteiger partial charge in [-0.3, -0.25) is 4.79 Å². The normalized spacial score (nSPS) is 12.0. The number of nitrogens with zero attached hydrogens (tertiary/aromatic N) is 1. The lowest BCUT2D eigenvalue weighted by Gasteiger charge is -2.05. The minimum absolute atomic E-state index is 0.0650. The number of hydrogen-bond donors (Lipinski definition) is 1. The number of ether oxygens (including phenoxy) is 3. The second kappa shape index (κ2) is 7.67. The second-order valence-electron chi connectivity index (χ2n) is 5.99. The lowest BCUT2D eigenvalue weighted by molar-refractivity contribution is -0.116. The molecule has 0 aliphatic carbocycles. The molecule has 0 bridgehead atoms. The van der Waals surface area contributed by atoms with Crippen LogP contribution in [-0.4, -0.2) is 24.8 Å². The first-order valence-electron chi connectivity index (χ1n) is 8.49. The number of carbonyl (C=O) groups is 1. The van der Waals surface area contributed by atoms with E-state index < -0.39 is 0 Å². The highest BCUT2D eigenvalue weighted by molar-refractivity contribution is 7.13. The van der Waals surface area contributed by atoms with Crippen LogP contribution in [0.4, 0.5) is 5.69 Å². The van der Waals surface area contributed by atoms with E-state index in [4.69, 9.17) is 14.2 Å². The summed E-state index contributed by atoms with van der Waals surface area (Å²) in [5.41, 5.74) is 2.61. The third kappa shape index (κ3) is 4.03. The highest BCUT2D eigenvalue weighted by Crippen LogP contribution is 2.34. The summed E-state index contributed by atoms with van der Waals surface area (Å²) in [5, 5.41) is 5.79. The molecule has 1 amide bonds. The Morgan fingerprint density at radius 3 is 3.00 bits per heavy atom. The summed E-state index contributed by atoms with van der Waals surface area (Å²) in [4.78, 5) is 16.9. The van der Waals surface area contributed by atoms with Crippen molar-refractivity contribution >= 4 is 22.9 Å². The van der Waals surface area contributed by atoms with E-state index in [9.17, 15) is 4.79 Å². The van der Waals surface area contributed by atoms with Gasteiger partial charge in [-0.1, -0.05) is 12.1 Å². The van der Waals surface area contributed by atoms with Gasteiger partial charge in [-0.25, -0.2) is 4.98 Å². The largest absolute Gasteiger partial charge is 0.497 e. The minimum Gasteiger partial charge on any atom is -0.497 e. The Bertz CT molecular complexity index is 970. The molecule has 138 valence electrons. The van der Waals surface area contributed by atoms with Gasteiger partial charge < -0.3 is 19.5 Å². The summed E-state index contributed by atoms with van der Waals surface area (Å²) in [6.45, 7) is 0.214. The van der Waals surface area contributed by atoms with Gasteiger partial charge in [0.15, 0.2) is 11.5 Å². The highest BCUT2D eigenvalue weighted by atomic mass is 32.1. The highest BCUT2D eigenvalue weighted by Gasteiger charge is 2.14. The van der Waals surface area contributed by atoms with Gasteiger partial charge in [-0.2, -0.15) is 0 Å². The number of amides is 1. The lowest BCUT2D eigenvalue weighted by atomic mass is 10.2. The molecule has 0 spiro atoms. The van der Waals surface area contributed by atoms with Crippen LogP contribution in [0, 0.1) is 0 Å². The molecule has 2 heterocycles. The first kappa shape index (κ1) is 17.4. The van der Waals surface area contributed by atoms with Gasteiger partial charge >= 0.3 is 0 Å². The molecule has 1 aliphatic rings. The molecular weight excluding hydrogens is 364 g/mol. The van der Waals surface area contributed by atoms with Crippen molar-refractivity contribution in [2.75, 3.05) is 19.2 Å². The van der Waals surface area contributed by atoms with E-state index in [0.717, 1.165) is 22.0 Å². The maximum Gasteiger partial charge on any atom is 0.231 e. The SMILES string of the molecule is COc1cccc(-c2nc(CCC(=O)Nc3ccc4c(c3)OCO4)cs2)c1. The summed E-state index contributed by atoms with van der Waals surface area (Å²) in [6, 6.07) is 13.1. The van der Waals surface area contributed by atoms with Crippen molar-refractivity contribution in [1.29, 1.82) is 0 Å². The molecule has 1 aliphatic heterocycles. The molecule has 2 aromatic carbocycles. The number of aromatic nitrogens is 1. The molecule has 0 fully saturated rings. The fourth-order valence-corrected chi connectivity index (χ4v) is 3.60. The Hall–Kier alpha value is -3.06. The quantitative estimate of drug-likeness (QED) is 0.694. The zero-order valence-electron chi connectivity index (χ0n) is 14.7. The maximum atomic E-state index is 12.2. The number of hydrogen-bond acceptors (Lipinski definition) is 6. The van der Waals surface area contributed by atoms with Crippen molar-refractivity contribution < 1.29 is 19.0 Å². The van der Waals surface area contributed by atoms with E-state index in [2.05, 4.69) is 10.3 Å². The predicted octanol–water partition coefficient (Wildman–Crippen LogP) is 4.12. The molecule has 0 unspecified atom stereocenters.